The van der Waals surface area contributed by atoms with Crippen LogP contribution in [0.15, 0.2) is 84.0 Å². The van der Waals surface area contributed by atoms with Crippen molar-refractivity contribution in [3.63, 3.8) is 0 Å². The number of ether oxygens (including phenoxy) is 1. The molecule has 4 aromatic rings. The van der Waals surface area contributed by atoms with Crippen molar-refractivity contribution in [1.82, 2.24) is 9.78 Å². The zero-order chi connectivity index (χ0) is 22.6. The fourth-order valence-corrected chi connectivity index (χ4v) is 4.70. The minimum atomic E-state index is 0.289. The van der Waals surface area contributed by atoms with Crippen molar-refractivity contribution >= 4 is 22.3 Å². The van der Waals surface area contributed by atoms with Crippen molar-refractivity contribution in [1.29, 1.82) is 0 Å². The molecule has 0 amide bonds. The van der Waals surface area contributed by atoms with E-state index in [0.717, 1.165) is 59.1 Å². The molecule has 33 heavy (non-hydrogen) atoms. The van der Waals surface area contributed by atoms with E-state index in [0.29, 0.717) is 17.7 Å². The average Bonchev–Trinajstić information content (AvgIpc) is 3.30. The molecular formula is C28H29N3O2. The lowest BCUT2D eigenvalue weighted by Crippen LogP contribution is -2.20. The molecule has 1 aliphatic carbocycles. The Hall–Kier alpha value is -3.44. The van der Waals surface area contributed by atoms with Crippen LogP contribution in [-0.2, 0) is 0 Å². The minimum absolute atomic E-state index is 0.289. The molecule has 5 nitrogen and oxygen atoms in total. The highest BCUT2D eigenvalue weighted by molar-refractivity contribution is 6.14. The lowest BCUT2D eigenvalue weighted by Gasteiger charge is -2.27. The first-order valence-corrected chi connectivity index (χ1v) is 11.6. The Labute approximate surface area is 194 Å². The van der Waals surface area contributed by atoms with Gasteiger partial charge in [0, 0.05) is 35.4 Å². The van der Waals surface area contributed by atoms with E-state index in [9.17, 15) is 5.11 Å². The van der Waals surface area contributed by atoms with E-state index in [1.807, 2.05) is 42.5 Å². The van der Waals surface area contributed by atoms with Crippen LogP contribution in [0.2, 0.25) is 0 Å². The fraction of sp³-hybridized carbons (Fsp3) is 0.286. The van der Waals surface area contributed by atoms with Gasteiger partial charge in [-0.05, 0) is 37.7 Å². The second-order valence-corrected chi connectivity index (χ2v) is 8.74. The number of rotatable bonds is 6. The normalized spacial score (nSPS) is 18.2. The van der Waals surface area contributed by atoms with Gasteiger partial charge >= 0.3 is 0 Å². The minimum Gasteiger partial charge on any atom is -0.494 e. The Balaban J connectivity index is 1.55. The molecule has 1 fully saturated rings. The maximum Gasteiger partial charge on any atom is 0.146 e. The largest absolute Gasteiger partial charge is 0.494 e. The summed E-state index contributed by atoms with van der Waals surface area (Å²) in [4.78, 5) is 5.09. The highest BCUT2D eigenvalue weighted by atomic mass is 16.5. The van der Waals surface area contributed by atoms with E-state index in [1.54, 1.807) is 7.11 Å². The summed E-state index contributed by atoms with van der Waals surface area (Å²) in [6.45, 7) is 0.289. The summed E-state index contributed by atoms with van der Waals surface area (Å²) in [6.07, 6.45) is 6.32. The van der Waals surface area contributed by atoms with Gasteiger partial charge in [-0.25, -0.2) is 4.99 Å². The van der Waals surface area contributed by atoms with Crippen molar-refractivity contribution in [3.8, 4) is 5.75 Å². The van der Waals surface area contributed by atoms with Crippen molar-refractivity contribution in [2.75, 3.05) is 13.7 Å². The molecule has 0 bridgehead atoms. The van der Waals surface area contributed by atoms with Crippen molar-refractivity contribution < 1.29 is 9.84 Å². The van der Waals surface area contributed by atoms with Gasteiger partial charge in [0.15, 0.2) is 0 Å². The summed E-state index contributed by atoms with van der Waals surface area (Å²) in [5.74, 6) is 1.14. The predicted octanol–water partition coefficient (Wildman–Crippen LogP) is 5.94. The van der Waals surface area contributed by atoms with Gasteiger partial charge in [0.05, 0.1) is 24.4 Å². The van der Waals surface area contributed by atoms with Crippen molar-refractivity contribution in [2.45, 2.75) is 31.7 Å². The Bertz CT molecular complexity index is 1200. The molecule has 5 heteroatoms. The lowest BCUT2D eigenvalue weighted by molar-refractivity contribution is 0.165. The van der Waals surface area contributed by atoms with Gasteiger partial charge in [-0.3, -0.25) is 4.68 Å². The number of fused-ring (bicyclic) bond motifs is 1. The first-order valence-electron chi connectivity index (χ1n) is 11.6. The van der Waals surface area contributed by atoms with E-state index in [2.05, 4.69) is 41.2 Å². The molecule has 0 unspecified atom stereocenters. The quantitative estimate of drug-likeness (QED) is 0.378. The molecule has 1 aromatic heterocycles. The molecule has 0 radical (unpaired) electrons. The molecule has 0 aliphatic heterocycles. The Morgan fingerprint density at radius 3 is 2.18 bits per heavy atom. The number of hydrogen-bond acceptors (Lipinski definition) is 4. The van der Waals surface area contributed by atoms with Crippen LogP contribution < -0.4 is 4.74 Å². The average molecular weight is 440 g/mol. The van der Waals surface area contributed by atoms with Crippen LogP contribution in [0.25, 0.3) is 10.9 Å². The van der Waals surface area contributed by atoms with Gasteiger partial charge < -0.3 is 9.84 Å². The SMILES string of the molecule is COc1cc2nn([C@H]3CC[C@H](CO)CC3)cc2cc1N=C(c1ccccc1)c1ccccc1. The smallest absolute Gasteiger partial charge is 0.146 e. The number of aliphatic imine (C=N–C) groups is 1. The zero-order valence-corrected chi connectivity index (χ0v) is 18.9. The number of aliphatic hydroxyl groups excluding tert-OH is 1. The van der Waals surface area contributed by atoms with Crippen LogP contribution in [0.5, 0.6) is 5.75 Å². The maximum atomic E-state index is 9.44. The number of methoxy groups -OCH3 is 1. The monoisotopic (exact) mass is 439 g/mol. The van der Waals surface area contributed by atoms with Gasteiger partial charge in [-0.1, -0.05) is 60.7 Å². The van der Waals surface area contributed by atoms with Crippen LogP contribution in [0.4, 0.5) is 5.69 Å². The van der Waals surface area contributed by atoms with E-state index in [4.69, 9.17) is 14.8 Å². The second-order valence-electron chi connectivity index (χ2n) is 8.74. The van der Waals surface area contributed by atoms with Gasteiger partial charge in [-0.15, -0.1) is 0 Å². The third-order valence-electron chi connectivity index (χ3n) is 6.60. The summed E-state index contributed by atoms with van der Waals surface area (Å²) in [5.41, 5.74) is 4.72. The van der Waals surface area contributed by atoms with Crippen LogP contribution >= 0.6 is 0 Å². The van der Waals surface area contributed by atoms with Crippen LogP contribution in [0.1, 0.15) is 42.9 Å². The Morgan fingerprint density at radius 1 is 0.970 bits per heavy atom. The first-order chi connectivity index (χ1) is 16.2. The highest BCUT2D eigenvalue weighted by Crippen LogP contribution is 2.36. The number of nitrogens with zero attached hydrogens (tertiary/aromatic N) is 3. The molecule has 5 rings (SSSR count). The molecule has 3 aromatic carbocycles. The topological polar surface area (TPSA) is 59.6 Å². The van der Waals surface area contributed by atoms with Gasteiger partial charge in [0.2, 0.25) is 0 Å². The standard InChI is InChI=1S/C28H29N3O2/c1-33-27-17-25-23(18-31(30-25)24-14-12-20(19-32)13-15-24)16-26(27)29-28(21-8-4-2-5-9-21)22-10-6-3-7-11-22/h2-11,16-18,20,24,32H,12-15,19H2,1H3/t20-,24-. The summed E-state index contributed by atoms with van der Waals surface area (Å²) in [6, 6.07) is 24.9. The number of hydrogen-bond donors (Lipinski definition) is 1. The molecule has 1 saturated carbocycles. The summed E-state index contributed by atoms with van der Waals surface area (Å²) in [5, 5.41) is 15.4. The maximum absolute atomic E-state index is 9.44. The van der Waals surface area contributed by atoms with Gasteiger partial charge in [0.25, 0.3) is 0 Å². The molecule has 1 N–H and O–H groups in total. The Morgan fingerprint density at radius 2 is 1.61 bits per heavy atom. The van der Waals surface area contributed by atoms with Crippen LogP contribution in [-0.4, -0.2) is 34.3 Å². The molecule has 0 spiro atoms. The first kappa shape index (κ1) is 21.4. The van der Waals surface area contributed by atoms with E-state index in [-0.39, 0.29) is 6.61 Å². The van der Waals surface area contributed by atoms with E-state index < -0.39 is 0 Å². The predicted molar refractivity (Wildman–Crippen MR) is 133 cm³/mol. The number of benzene rings is 3. The third-order valence-corrected chi connectivity index (χ3v) is 6.60. The zero-order valence-electron chi connectivity index (χ0n) is 18.9. The molecule has 1 heterocycles. The summed E-state index contributed by atoms with van der Waals surface area (Å²) >= 11 is 0. The van der Waals surface area contributed by atoms with Crippen molar-refractivity contribution in [3.05, 3.63) is 90.1 Å². The number of aromatic nitrogens is 2. The lowest BCUT2D eigenvalue weighted by atomic mass is 9.87. The van der Waals surface area contributed by atoms with Gasteiger partial charge in [0.1, 0.15) is 11.4 Å². The van der Waals surface area contributed by atoms with E-state index >= 15 is 0 Å². The van der Waals surface area contributed by atoms with Crippen LogP contribution in [0.3, 0.4) is 0 Å². The summed E-state index contributed by atoms with van der Waals surface area (Å²) in [7, 11) is 1.68. The van der Waals surface area contributed by atoms with Crippen molar-refractivity contribution in [2.24, 2.45) is 10.9 Å². The molecule has 0 atom stereocenters. The van der Waals surface area contributed by atoms with E-state index in [1.165, 1.54) is 0 Å². The number of aliphatic hydroxyl groups is 1. The molecule has 168 valence electrons. The molecule has 1 aliphatic rings. The summed E-state index contributed by atoms with van der Waals surface area (Å²) < 4.78 is 7.82. The van der Waals surface area contributed by atoms with Gasteiger partial charge in [-0.2, -0.15) is 5.10 Å². The fourth-order valence-electron chi connectivity index (χ4n) is 4.70. The molecule has 0 saturated heterocycles. The second kappa shape index (κ2) is 9.59. The molecular weight excluding hydrogens is 410 g/mol. The van der Waals surface area contributed by atoms with Crippen LogP contribution in [0, 0.1) is 5.92 Å². The third kappa shape index (κ3) is 4.55. The Kier molecular flexibility index (Phi) is 6.22. The highest BCUT2D eigenvalue weighted by Gasteiger charge is 2.23.